The lowest BCUT2D eigenvalue weighted by Crippen LogP contribution is -2.06. The molecule has 0 bridgehead atoms. The minimum absolute atomic E-state index is 0.0128. The molecule has 0 aliphatic rings. The summed E-state index contributed by atoms with van der Waals surface area (Å²) in [4.78, 5) is 17.2. The van der Waals surface area contributed by atoms with Gasteiger partial charge in [-0.3, -0.25) is 0 Å². The monoisotopic (exact) mass is 496 g/mol. The molecule has 0 spiro atoms. The summed E-state index contributed by atoms with van der Waals surface area (Å²) in [5, 5.41) is 13.5. The van der Waals surface area contributed by atoms with Crippen LogP contribution in [0.5, 0.6) is 0 Å². The minimum atomic E-state index is -4.59. The first-order chi connectivity index (χ1) is 15.1. The number of hydrogen-bond donors (Lipinski definition) is 2. The van der Waals surface area contributed by atoms with Gasteiger partial charge in [0.2, 0.25) is 0 Å². The van der Waals surface area contributed by atoms with Gasteiger partial charge in [0.25, 0.3) is 0 Å². The first-order valence-corrected chi connectivity index (χ1v) is 11.5. The van der Waals surface area contributed by atoms with Gasteiger partial charge in [0.15, 0.2) is 5.13 Å². The first-order valence-electron chi connectivity index (χ1n) is 9.46. The molecule has 2 aromatic carbocycles. The number of hydrogen-bond acceptors (Lipinski definition) is 5. The lowest BCUT2D eigenvalue weighted by atomic mass is 10.0. The van der Waals surface area contributed by atoms with Crippen LogP contribution >= 0.6 is 34.3 Å². The zero-order valence-corrected chi connectivity index (χ0v) is 19.1. The van der Waals surface area contributed by atoms with Crippen molar-refractivity contribution in [2.45, 2.75) is 25.9 Å². The van der Waals surface area contributed by atoms with Crippen LogP contribution in [-0.4, -0.2) is 16.1 Å². The number of aromatic nitrogens is 1. The Hall–Kier alpha value is -2.62. The molecule has 0 aliphatic carbocycles. The fourth-order valence-electron chi connectivity index (χ4n) is 3.30. The topological polar surface area (TPSA) is 62.2 Å². The molecule has 10 heteroatoms. The van der Waals surface area contributed by atoms with Crippen molar-refractivity contribution in [3.05, 3.63) is 62.8 Å². The summed E-state index contributed by atoms with van der Waals surface area (Å²) < 4.78 is 40.9. The van der Waals surface area contributed by atoms with Crippen LogP contribution < -0.4 is 5.32 Å². The van der Waals surface area contributed by atoms with Crippen molar-refractivity contribution in [1.82, 2.24) is 4.98 Å². The van der Waals surface area contributed by atoms with Crippen LogP contribution in [-0.2, 0) is 6.18 Å². The fourth-order valence-corrected chi connectivity index (χ4v) is 5.52. The van der Waals surface area contributed by atoms with Crippen molar-refractivity contribution in [3.8, 4) is 11.3 Å². The number of carbonyl (C=O) groups is 1. The van der Waals surface area contributed by atoms with Gasteiger partial charge in [0, 0.05) is 20.5 Å². The highest BCUT2D eigenvalue weighted by Gasteiger charge is 2.34. The maximum absolute atomic E-state index is 13.4. The molecular weight excluding hydrogens is 481 g/mol. The summed E-state index contributed by atoms with van der Waals surface area (Å²) in [7, 11) is 0. The second kappa shape index (κ2) is 8.38. The number of carboxylic acid groups (broad SMARTS) is 1. The predicted octanol–water partition coefficient (Wildman–Crippen LogP) is 8.26. The van der Waals surface area contributed by atoms with Gasteiger partial charge in [-0.15, -0.1) is 22.7 Å². The summed E-state index contributed by atoms with van der Waals surface area (Å²) in [5.41, 5.74) is 0.195. The molecule has 0 saturated carbocycles. The third-order valence-electron chi connectivity index (χ3n) is 4.74. The number of alkyl halides is 3. The van der Waals surface area contributed by atoms with Crippen LogP contribution in [0.15, 0.2) is 42.5 Å². The SMILES string of the molecule is CC(C)c1sc(Nc2c(C(=O)O)sc3ccccc23)nc1-c1ccc(Cl)c(C(F)(F)F)c1. The average molecular weight is 497 g/mol. The van der Waals surface area contributed by atoms with Crippen LogP contribution in [0.2, 0.25) is 5.02 Å². The van der Waals surface area contributed by atoms with E-state index in [1.165, 1.54) is 23.5 Å². The van der Waals surface area contributed by atoms with Crippen LogP contribution in [0, 0.1) is 0 Å². The van der Waals surface area contributed by atoms with E-state index in [1.54, 1.807) is 0 Å². The Morgan fingerprint density at radius 3 is 2.53 bits per heavy atom. The van der Waals surface area contributed by atoms with E-state index in [0.29, 0.717) is 22.1 Å². The van der Waals surface area contributed by atoms with Gasteiger partial charge >= 0.3 is 12.1 Å². The number of aromatic carboxylic acids is 1. The number of nitrogens with zero attached hydrogens (tertiary/aromatic N) is 1. The Balaban J connectivity index is 1.82. The maximum Gasteiger partial charge on any atom is 0.417 e. The molecule has 0 unspecified atom stereocenters. The molecule has 4 aromatic rings. The molecule has 4 rings (SSSR count). The summed E-state index contributed by atoms with van der Waals surface area (Å²) in [6.45, 7) is 3.84. The number of carboxylic acids is 1. The van der Waals surface area contributed by atoms with Gasteiger partial charge in [0.1, 0.15) is 4.88 Å². The molecule has 0 saturated heterocycles. The number of fused-ring (bicyclic) bond motifs is 1. The molecule has 0 amide bonds. The van der Waals surface area contributed by atoms with Gasteiger partial charge in [-0.25, -0.2) is 9.78 Å². The van der Waals surface area contributed by atoms with Crippen molar-refractivity contribution in [2.75, 3.05) is 5.32 Å². The Bertz CT molecular complexity index is 1330. The Morgan fingerprint density at radius 1 is 1.16 bits per heavy atom. The van der Waals surface area contributed by atoms with Crippen LogP contribution in [0.4, 0.5) is 24.0 Å². The second-order valence-electron chi connectivity index (χ2n) is 7.31. The normalized spacial score (nSPS) is 12.0. The van der Waals surface area contributed by atoms with Gasteiger partial charge in [0.05, 0.1) is 22.0 Å². The number of thiazole rings is 1. The number of nitrogens with one attached hydrogen (secondary N) is 1. The average Bonchev–Trinajstić information content (AvgIpc) is 3.30. The number of thiophene rings is 1. The quantitative estimate of drug-likeness (QED) is 0.292. The van der Waals surface area contributed by atoms with E-state index in [4.69, 9.17) is 11.6 Å². The molecule has 0 atom stereocenters. The van der Waals surface area contributed by atoms with Gasteiger partial charge < -0.3 is 10.4 Å². The maximum atomic E-state index is 13.4. The Morgan fingerprint density at radius 2 is 1.88 bits per heavy atom. The van der Waals surface area contributed by atoms with Crippen molar-refractivity contribution in [3.63, 3.8) is 0 Å². The molecule has 0 radical (unpaired) electrons. The molecule has 4 nitrogen and oxygen atoms in total. The predicted molar refractivity (Wildman–Crippen MR) is 124 cm³/mol. The van der Waals surface area contributed by atoms with E-state index in [1.807, 2.05) is 38.1 Å². The molecule has 2 aromatic heterocycles. The Kier molecular flexibility index (Phi) is 5.91. The third kappa shape index (κ3) is 4.20. The highest BCUT2D eigenvalue weighted by molar-refractivity contribution is 7.21. The number of rotatable bonds is 5. The zero-order chi connectivity index (χ0) is 23.2. The van der Waals surface area contributed by atoms with E-state index in [-0.39, 0.29) is 15.8 Å². The summed E-state index contributed by atoms with van der Waals surface area (Å²) in [6, 6.07) is 11.0. The van der Waals surface area contributed by atoms with Crippen LogP contribution in [0.25, 0.3) is 21.3 Å². The highest BCUT2D eigenvalue weighted by Crippen LogP contribution is 2.43. The number of benzene rings is 2. The fraction of sp³-hybridized carbons (Fsp3) is 0.182. The first kappa shape index (κ1) is 22.6. The summed E-state index contributed by atoms with van der Waals surface area (Å²) in [5.74, 6) is -1.08. The number of halogens is 4. The van der Waals surface area contributed by atoms with Gasteiger partial charge in [-0.1, -0.05) is 49.7 Å². The van der Waals surface area contributed by atoms with Gasteiger partial charge in [-0.05, 0) is 24.1 Å². The summed E-state index contributed by atoms with van der Waals surface area (Å²) in [6.07, 6.45) is -4.59. The lowest BCUT2D eigenvalue weighted by Gasteiger charge is -2.11. The molecular formula is C22H16ClF3N2O2S2. The molecule has 166 valence electrons. The standard InChI is InChI=1S/C22H16ClF3N2O2S2/c1-10(2)18-16(11-7-8-14(23)13(9-11)22(24,25)26)27-21(32-18)28-17-12-5-3-4-6-15(12)31-19(17)20(29)30/h3-10H,1-2H3,(H,27,28)(H,29,30). The van der Waals surface area contributed by atoms with Gasteiger partial charge in [-0.2, -0.15) is 13.2 Å². The largest absolute Gasteiger partial charge is 0.477 e. The van der Waals surface area contributed by atoms with Crippen molar-refractivity contribution >= 4 is 61.1 Å². The molecule has 0 aliphatic heterocycles. The third-order valence-corrected chi connectivity index (χ3v) is 7.50. The van der Waals surface area contributed by atoms with Crippen molar-refractivity contribution in [2.24, 2.45) is 0 Å². The van der Waals surface area contributed by atoms with Crippen molar-refractivity contribution in [1.29, 1.82) is 0 Å². The highest BCUT2D eigenvalue weighted by atomic mass is 35.5. The van der Waals surface area contributed by atoms with E-state index in [9.17, 15) is 23.1 Å². The van der Waals surface area contributed by atoms with E-state index >= 15 is 0 Å². The number of anilines is 2. The van der Waals surface area contributed by atoms with E-state index < -0.39 is 17.7 Å². The molecule has 0 fully saturated rings. The molecule has 2 N–H and O–H groups in total. The van der Waals surface area contributed by atoms with Crippen molar-refractivity contribution < 1.29 is 23.1 Å². The van der Waals surface area contributed by atoms with Crippen LogP contribution in [0.3, 0.4) is 0 Å². The minimum Gasteiger partial charge on any atom is -0.477 e. The molecule has 2 heterocycles. The van der Waals surface area contributed by atoms with E-state index in [0.717, 1.165) is 32.4 Å². The molecule has 32 heavy (non-hydrogen) atoms. The Labute approximate surface area is 194 Å². The zero-order valence-electron chi connectivity index (χ0n) is 16.7. The van der Waals surface area contributed by atoms with Crippen LogP contribution in [0.1, 0.15) is 39.9 Å². The summed E-state index contributed by atoms with van der Waals surface area (Å²) >= 11 is 8.20. The lowest BCUT2D eigenvalue weighted by molar-refractivity contribution is -0.137. The van der Waals surface area contributed by atoms with E-state index in [2.05, 4.69) is 10.3 Å². The smallest absolute Gasteiger partial charge is 0.417 e. The second-order valence-corrected chi connectivity index (χ2v) is 9.80.